The minimum atomic E-state index is -0.295. The minimum Gasteiger partial charge on any atom is -0.355 e. The SMILES string of the molecule is CN1C(=O)CCOC12CCN(I)CC2. The van der Waals surface area contributed by atoms with Gasteiger partial charge in [0, 0.05) is 55.8 Å². The Labute approximate surface area is 98.1 Å². The van der Waals surface area contributed by atoms with Gasteiger partial charge in [0.05, 0.1) is 13.0 Å². The fourth-order valence-corrected chi connectivity index (χ4v) is 2.61. The lowest BCUT2D eigenvalue weighted by Crippen LogP contribution is -2.59. The molecule has 0 aromatic carbocycles. The molecule has 0 N–H and O–H groups in total. The molecule has 0 aromatic rings. The summed E-state index contributed by atoms with van der Waals surface area (Å²) in [5, 5.41) is 0. The highest BCUT2D eigenvalue weighted by atomic mass is 127. The lowest BCUT2D eigenvalue weighted by Gasteiger charge is -2.48. The van der Waals surface area contributed by atoms with E-state index in [1.807, 2.05) is 7.05 Å². The summed E-state index contributed by atoms with van der Waals surface area (Å²) in [6, 6.07) is 0. The average molecular weight is 310 g/mol. The molecular weight excluding hydrogens is 295 g/mol. The van der Waals surface area contributed by atoms with Gasteiger partial charge in [-0.1, -0.05) is 0 Å². The Hall–Kier alpha value is 0.120. The van der Waals surface area contributed by atoms with Crippen molar-refractivity contribution in [3.05, 3.63) is 0 Å². The summed E-state index contributed by atoms with van der Waals surface area (Å²) in [6.45, 7) is 2.58. The van der Waals surface area contributed by atoms with Crippen LogP contribution in [0.2, 0.25) is 0 Å². The van der Waals surface area contributed by atoms with Crippen molar-refractivity contribution in [1.82, 2.24) is 8.01 Å². The van der Waals surface area contributed by atoms with Crippen molar-refractivity contribution in [1.29, 1.82) is 0 Å². The van der Waals surface area contributed by atoms with E-state index in [9.17, 15) is 4.79 Å². The Bertz CT molecular complexity index is 239. The molecule has 0 radical (unpaired) electrons. The van der Waals surface area contributed by atoms with Crippen LogP contribution in [-0.4, -0.2) is 46.4 Å². The molecule has 2 heterocycles. The number of ether oxygens (including phenoxy) is 1. The highest BCUT2D eigenvalue weighted by molar-refractivity contribution is 14.1. The minimum absolute atomic E-state index is 0.221. The molecule has 2 aliphatic heterocycles. The molecule has 2 rings (SSSR count). The van der Waals surface area contributed by atoms with Crippen LogP contribution < -0.4 is 0 Å². The number of hydrogen-bond acceptors (Lipinski definition) is 3. The van der Waals surface area contributed by atoms with E-state index in [1.165, 1.54) is 0 Å². The van der Waals surface area contributed by atoms with Gasteiger partial charge in [-0.3, -0.25) is 4.79 Å². The summed E-state index contributed by atoms with van der Waals surface area (Å²) >= 11 is 2.32. The van der Waals surface area contributed by atoms with E-state index >= 15 is 0 Å². The number of carbonyl (C=O) groups is 1. The molecule has 4 nitrogen and oxygen atoms in total. The number of amides is 1. The Morgan fingerprint density at radius 2 is 2.07 bits per heavy atom. The van der Waals surface area contributed by atoms with Crippen LogP contribution in [0.5, 0.6) is 0 Å². The monoisotopic (exact) mass is 310 g/mol. The molecule has 0 aromatic heterocycles. The second kappa shape index (κ2) is 3.94. The zero-order valence-electron chi connectivity index (χ0n) is 8.33. The van der Waals surface area contributed by atoms with Crippen molar-refractivity contribution in [3.63, 3.8) is 0 Å². The Morgan fingerprint density at radius 3 is 2.71 bits per heavy atom. The van der Waals surface area contributed by atoms with E-state index in [0.717, 1.165) is 25.9 Å². The van der Waals surface area contributed by atoms with Crippen LogP contribution in [0.25, 0.3) is 0 Å². The number of carbonyl (C=O) groups excluding carboxylic acids is 1. The van der Waals surface area contributed by atoms with Gasteiger partial charge < -0.3 is 9.64 Å². The number of halogens is 1. The Kier molecular flexibility index (Phi) is 2.99. The molecular formula is C9H15IN2O2. The summed E-state index contributed by atoms with van der Waals surface area (Å²) in [6.07, 6.45) is 2.39. The van der Waals surface area contributed by atoms with Crippen molar-refractivity contribution in [3.8, 4) is 0 Å². The molecule has 1 amide bonds. The van der Waals surface area contributed by atoms with E-state index in [1.54, 1.807) is 4.90 Å². The molecule has 1 spiro atoms. The molecule has 0 atom stereocenters. The lowest BCUT2D eigenvalue weighted by molar-refractivity contribution is -0.201. The first-order valence-corrected chi connectivity index (χ1v) is 5.92. The van der Waals surface area contributed by atoms with E-state index < -0.39 is 0 Å². The molecule has 0 bridgehead atoms. The van der Waals surface area contributed by atoms with Gasteiger partial charge in [-0.2, -0.15) is 0 Å². The van der Waals surface area contributed by atoms with Crippen molar-refractivity contribution in [2.45, 2.75) is 25.0 Å². The average Bonchev–Trinajstić information content (AvgIpc) is 2.19. The number of rotatable bonds is 0. The van der Waals surface area contributed by atoms with E-state index in [0.29, 0.717) is 13.0 Å². The van der Waals surface area contributed by atoms with Gasteiger partial charge in [0.1, 0.15) is 5.72 Å². The van der Waals surface area contributed by atoms with Crippen LogP contribution in [0.1, 0.15) is 19.3 Å². The molecule has 5 heteroatoms. The summed E-state index contributed by atoms with van der Waals surface area (Å²) < 4.78 is 8.06. The Balaban J connectivity index is 2.10. The maximum absolute atomic E-state index is 11.6. The zero-order chi connectivity index (χ0) is 10.2. The lowest BCUT2D eigenvalue weighted by atomic mass is 9.98. The first-order chi connectivity index (χ1) is 6.64. The van der Waals surface area contributed by atoms with Crippen molar-refractivity contribution in [2.75, 3.05) is 26.7 Å². The zero-order valence-corrected chi connectivity index (χ0v) is 10.5. The molecule has 0 saturated carbocycles. The van der Waals surface area contributed by atoms with Crippen molar-refractivity contribution >= 4 is 28.8 Å². The summed E-state index contributed by atoms with van der Waals surface area (Å²) in [5.41, 5.74) is -0.295. The van der Waals surface area contributed by atoms with E-state index in [4.69, 9.17) is 4.74 Å². The molecule has 80 valence electrons. The standard InChI is InChI=1S/C9H15IN2O2/c1-11-8(13)2-7-14-9(11)3-5-12(10)6-4-9/h2-7H2,1H3. The van der Waals surface area contributed by atoms with Gasteiger partial charge in [0.25, 0.3) is 0 Å². The second-order valence-electron chi connectivity index (χ2n) is 3.91. The maximum Gasteiger partial charge on any atom is 0.226 e. The van der Waals surface area contributed by atoms with Gasteiger partial charge in [-0.15, -0.1) is 0 Å². The van der Waals surface area contributed by atoms with Crippen LogP contribution in [0.4, 0.5) is 0 Å². The van der Waals surface area contributed by atoms with Crippen LogP contribution in [0.15, 0.2) is 0 Å². The van der Waals surface area contributed by atoms with Gasteiger partial charge in [0.2, 0.25) is 5.91 Å². The first-order valence-electron chi connectivity index (χ1n) is 4.95. The number of hydrogen-bond donors (Lipinski definition) is 0. The highest BCUT2D eigenvalue weighted by Crippen LogP contribution is 2.33. The third-order valence-electron chi connectivity index (χ3n) is 3.16. The van der Waals surface area contributed by atoms with Crippen LogP contribution >= 0.6 is 22.9 Å². The quantitative estimate of drug-likeness (QED) is 0.494. The van der Waals surface area contributed by atoms with E-state index in [2.05, 4.69) is 26.0 Å². The predicted molar refractivity (Wildman–Crippen MR) is 60.9 cm³/mol. The Morgan fingerprint density at radius 1 is 1.43 bits per heavy atom. The largest absolute Gasteiger partial charge is 0.355 e. The van der Waals surface area contributed by atoms with Gasteiger partial charge in [0.15, 0.2) is 0 Å². The van der Waals surface area contributed by atoms with Gasteiger partial charge in [-0.25, -0.2) is 3.11 Å². The number of piperidine rings is 1. The number of nitrogens with zero attached hydrogens (tertiary/aromatic N) is 2. The van der Waals surface area contributed by atoms with E-state index in [-0.39, 0.29) is 11.6 Å². The predicted octanol–water partition coefficient (Wildman–Crippen LogP) is 1.01. The normalized spacial score (nSPS) is 28.4. The molecule has 14 heavy (non-hydrogen) atoms. The third kappa shape index (κ3) is 1.77. The third-order valence-corrected chi connectivity index (χ3v) is 4.13. The van der Waals surface area contributed by atoms with Crippen LogP contribution in [0, 0.1) is 0 Å². The second-order valence-corrected chi connectivity index (χ2v) is 5.27. The summed E-state index contributed by atoms with van der Waals surface area (Å²) in [5.74, 6) is 0.221. The maximum atomic E-state index is 11.6. The van der Waals surface area contributed by atoms with Crippen molar-refractivity contribution < 1.29 is 9.53 Å². The fraction of sp³-hybridized carbons (Fsp3) is 0.889. The van der Waals surface area contributed by atoms with Crippen LogP contribution in [-0.2, 0) is 9.53 Å². The smallest absolute Gasteiger partial charge is 0.226 e. The fourth-order valence-electron chi connectivity index (χ4n) is 2.13. The molecule has 2 saturated heterocycles. The summed E-state index contributed by atoms with van der Waals surface area (Å²) in [7, 11) is 1.87. The highest BCUT2D eigenvalue weighted by Gasteiger charge is 2.43. The van der Waals surface area contributed by atoms with Gasteiger partial charge >= 0.3 is 0 Å². The molecule has 0 aliphatic carbocycles. The van der Waals surface area contributed by atoms with Gasteiger partial charge in [-0.05, 0) is 0 Å². The topological polar surface area (TPSA) is 32.8 Å². The molecule has 2 fully saturated rings. The summed E-state index contributed by atoms with van der Waals surface area (Å²) in [4.78, 5) is 13.4. The van der Waals surface area contributed by atoms with Crippen LogP contribution in [0.3, 0.4) is 0 Å². The molecule has 0 unspecified atom stereocenters. The van der Waals surface area contributed by atoms with Crippen molar-refractivity contribution in [2.24, 2.45) is 0 Å². The first kappa shape index (κ1) is 10.6. The molecule has 2 aliphatic rings.